The van der Waals surface area contributed by atoms with Gasteiger partial charge in [0.1, 0.15) is 5.92 Å². The van der Waals surface area contributed by atoms with E-state index in [-0.39, 0.29) is 17.9 Å². The first-order valence-corrected chi connectivity index (χ1v) is 10.4. The van der Waals surface area contributed by atoms with Crippen molar-refractivity contribution in [1.82, 2.24) is 5.32 Å². The average Bonchev–Trinajstić information content (AvgIpc) is 3.16. The van der Waals surface area contributed by atoms with E-state index >= 15 is 0 Å². The highest BCUT2D eigenvalue weighted by atomic mass is 16.2. The Balaban J connectivity index is 1.48. The molecular formula is C26H26N2O2. The Labute approximate surface area is 177 Å². The summed E-state index contributed by atoms with van der Waals surface area (Å²) >= 11 is 0. The minimum Gasteiger partial charge on any atom is -0.349 e. The van der Waals surface area contributed by atoms with E-state index in [0.29, 0.717) is 13.0 Å². The largest absolute Gasteiger partial charge is 0.349 e. The number of para-hydroxylation sites is 1. The lowest BCUT2D eigenvalue weighted by Crippen LogP contribution is -2.38. The Morgan fingerprint density at radius 3 is 2.33 bits per heavy atom. The molecule has 0 saturated carbocycles. The van der Waals surface area contributed by atoms with Crippen LogP contribution < -0.4 is 10.2 Å². The molecule has 3 aromatic rings. The molecule has 1 fully saturated rings. The van der Waals surface area contributed by atoms with Gasteiger partial charge in [0.15, 0.2) is 0 Å². The van der Waals surface area contributed by atoms with Gasteiger partial charge in [-0.25, -0.2) is 0 Å². The molecule has 0 aliphatic carbocycles. The molecule has 1 aliphatic rings. The van der Waals surface area contributed by atoms with Crippen molar-refractivity contribution in [1.29, 1.82) is 0 Å². The summed E-state index contributed by atoms with van der Waals surface area (Å²) in [5, 5.41) is 3.01. The molecule has 0 radical (unpaired) electrons. The molecule has 0 unspecified atom stereocenters. The van der Waals surface area contributed by atoms with E-state index in [4.69, 9.17) is 0 Å². The highest BCUT2D eigenvalue weighted by Gasteiger charge is 2.38. The number of rotatable bonds is 6. The van der Waals surface area contributed by atoms with Crippen molar-refractivity contribution in [2.24, 2.45) is 5.92 Å². The van der Waals surface area contributed by atoms with Crippen LogP contribution in [0.4, 0.5) is 5.69 Å². The maximum Gasteiger partial charge on any atom is 0.239 e. The number of amides is 2. The van der Waals surface area contributed by atoms with Crippen molar-refractivity contribution in [3.05, 3.63) is 102 Å². The third-order valence-electron chi connectivity index (χ3n) is 5.70. The number of benzene rings is 3. The first kappa shape index (κ1) is 19.9. The van der Waals surface area contributed by atoms with Gasteiger partial charge in [-0.15, -0.1) is 0 Å². The van der Waals surface area contributed by atoms with Gasteiger partial charge in [-0.3, -0.25) is 9.59 Å². The molecule has 30 heavy (non-hydrogen) atoms. The Morgan fingerprint density at radius 2 is 1.60 bits per heavy atom. The normalized spacial score (nSPS) is 17.0. The number of hydrogen-bond donors (Lipinski definition) is 1. The maximum atomic E-state index is 13.1. The molecule has 1 heterocycles. The molecule has 1 N–H and O–H groups in total. The molecule has 0 spiro atoms. The van der Waals surface area contributed by atoms with Gasteiger partial charge in [-0.05, 0) is 42.5 Å². The zero-order valence-electron chi connectivity index (χ0n) is 17.1. The fourth-order valence-electron chi connectivity index (χ4n) is 4.04. The van der Waals surface area contributed by atoms with Crippen LogP contribution in [0.15, 0.2) is 84.9 Å². The molecule has 1 aliphatic heterocycles. The van der Waals surface area contributed by atoms with E-state index in [0.717, 1.165) is 23.2 Å². The monoisotopic (exact) mass is 398 g/mol. The Kier molecular flexibility index (Phi) is 5.94. The van der Waals surface area contributed by atoms with Crippen molar-refractivity contribution < 1.29 is 9.59 Å². The second-order valence-electron chi connectivity index (χ2n) is 7.76. The number of hydrogen-bond acceptors (Lipinski definition) is 2. The lowest BCUT2D eigenvalue weighted by molar-refractivity contribution is -0.132. The smallest absolute Gasteiger partial charge is 0.239 e. The standard InChI is InChI=1S/C26H26N2O2/c1-19(21-12-6-3-7-13-21)27-25(29)23-16-17-28(26(23)30)24-15-9-8-14-22(24)18-20-10-4-2-5-11-20/h2-15,19,23H,16-18H2,1H3,(H,27,29)/t19-,23+/m0/s1. The molecule has 3 aromatic carbocycles. The minimum atomic E-state index is -0.638. The van der Waals surface area contributed by atoms with Gasteiger partial charge in [0.05, 0.1) is 6.04 Å². The molecule has 4 rings (SSSR count). The van der Waals surface area contributed by atoms with Crippen molar-refractivity contribution in [2.45, 2.75) is 25.8 Å². The van der Waals surface area contributed by atoms with Gasteiger partial charge in [-0.1, -0.05) is 78.9 Å². The Bertz CT molecular complexity index is 1020. The first-order valence-electron chi connectivity index (χ1n) is 10.4. The molecule has 2 amide bonds. The van der Waals surface area contributed by atoms with E-state index in [1.807, 2.05) is 73.7 Å². The summed E-state index contributed by atoms with van der Waals surface area (Å²) in [4.78, 5) is 27.7. The zero-order valence-corrected chi connectivity index (χ0v) is 17.1. The predicted molar refractivity (Wildman–Crippen MR) is 119 cm³/mol. The van der Waals surface area contributed by atoms with Gasteiger partial charge in [0.2, 0.25) is 11.8 Å². The summed E-state index contributed by atoms with van der Waals surface area (Å²) in [6, 6.07) is 27.9. The van der Waals surface area contributed by atoms with E-state index in [2.05, 4.69) is 23.5 Å². The fourth-order valence-corrected chi connectivity index (χ4v) is 4.04. The van der Waals surface area contributed by atoms with Crippen molar-refractivity contribution in [3.8, 4) is 0 Å². The van der Waals surface area contributed by atoms with E-state index in [1.165, 1.54) is 5.56 Å². The van der Waals surface area contributed by atoms with Crippen LogP contribution in [0.3, 0.4) is 0 Å². The summed E-state index contributed by atoms with van der Waals surface area (Å²) in [6.07, 6.45) is 1.29. The third-order valence-corrected chi connectivity index (χ3v) is 5.70. The van der Waals surface area contributed by atoms with Crippen LogP contribution in [0, 0.1) is 5.92 Å². The van der Waals surface area contributed by atoms with Crippen LogP contribution in [-0.2, 0) is 16.0 Å². The second kappa shape index (κ2) is 8.95. The second-order valence-corrected chi connectivity index (χ2v) is 7.76. The van der Waals surface area contributed by atoms with Crippen LogP contribution in [0.2, 0.25) is 0 Å². The average molecular weight is 399 g/mol. The number of nitrogens with zero attached hydrogens (tertiary/aromatic N) is 1. The minimum absolute atomic E-state index is 0.117. The Hall–Kier alpha value is -3.40. The third kappa shape index (κ3) is 4.28. The van der Waals surface area contributed by atoms with Crippen LogP contribution in [0.1, 0.15) is 36.1 Å². The molecule has 152 valence electrons. The van der Waals surface area contributed by atoms with Gasteiger partial charge >= 0.3 is 0 Å². The lowest BCUT2D eigenvalue weighted by atomic mass is 10.0. The van der Waals surface area contributed by atoms with Gasteiger partial charge in [-0.2, -0.15) is 0 Å². The summed E-state index contributed by atoms with van der Waals surface area (Å²) in [6.45, 7) is 2.50. The van der Waals surface area contributed by atoms with Crippen LogP contribution >= 0.6 is 0 Å². The van der Waals surface area contributed by atoms with Gasteiger partial charge in [0.25, 0.3) is 0 Å². The Morgan fingerprint density at radius 1 is 0.967 bits per heavy atom. The predicted octanol–water partition coefficient (Wildman–Crippen LogP) is 4.51. The summed E-state index contributed by atoms with van der Waals surface area (Å²) in [5.41, 5.74) is 4.22. The first-order chi connectivity index (χ1) is 14.6. The number of anilines is 1. The van der Waals surface area contributed by atoms with Gasteiger partial charge < -0.3 is 10.2 Å². The van der Waals surface area contributed by atoms with Crippen LogP contribution in [-0.4, -0.2) is 18.4 Å². The molecule has 0 bridgehead atoms. The van der Waals surface area contributed by atoms with E-state index in [9.17, 15) is 9.59 Å². The quantitative estimate of drug-likeness (QED) is 0.621. The molecule has 4 nitrogen and oxygen atoms in total. The van der Waals surface area contributed by atoms with Gasteiger partial charge in [0, 0.05) is 12.2 Å². The van der Waals surface area contributed by atoms with Crippen molar-refractivity contribution in [3.63, 3.8) is 0 Å². The molecule has 0 aromatic heterocycles. The maximum absolute atomic E-state index is 13.1. The lowest BCUT2D eigenvalue weighted by Gasteiger charge is -2.21. The molecule has 4 heteroatoms. The molecular weight excluding hydrogens is 372 g/mol. The van der Waals surface area contributed by atoms with E-state index in [1.54, 1.807) is 4.90 Å². The van der Waals surface area contributed by atoms with Crippen molar-refractivity contribution >= 4 is 17.5 Å². The highest BCUT2D eigenvalue weighted by molar-refractivity contribution is 6.10. The van der Waals surface area contributed by atoms with E-state index < -0.39 is 5.92 Å². The topological polar surface area (TPSA) is 49.4 Å². The number of carbonyl (C=O) groups excluding carboxylic acids is 2. The van der Waals surface area contributed by atoms with Crippen molar-refractivity contribution in [2.75, 3.05) is 11.4 Å². The zero-order chi connectivity index (χ0) is 20.9. The number of nitrogens with one attached hydrogen (secondary N) is 1. The highest BCUT2D eigenvalue weighted by Crippen LogP contribution is 2.30. The summed E-state index contributed by atoms with van der Waals surface area (Å²) in [7, 11) is 0. The summed E-state index contributed by atoms with van der Waals surface area (Å²) in [5.74, 6) is -0.950. The van der Waals surface area contributed by atoms with Crippen LogP contribution in [0.25, 0.3) is 0 Å². The molecule has 1 saturated heterocycles. The van der Waals surface area contributed by atoms with Crippen LogP contribution in [0.5, 0.6) is 0 Å². The number of carbonyl (C=O) groups is 2. The fraction of sp³-hybridized carbons (Fsp3) is 0.231. The summed E-state index contributed by atoms with van der Waals surface area (Å²) < 4.78 is 0. The SMILES string of the molecule is C[C@H](NC(=O)[C@H]1CCN(c2ccccc2Cc2ccccc2)C1=O)c1ccccc1. The molecule has 2 atom stereocenters.